The maximum absolute atomic E-state index is 12.6. The molecule has 1 saturated carbocycles. The van der Waals surface area contributed by atoms with Crippen LogP contribution in [0.3, 0.4) is 0 Å². The first-order valence-corrected chi connectivity index (χ1v) is 9.61. The minimum Gasteiger partial charge on any atom is -0.468 e. The number of halogens is 3. The summed E-state index contributed by atoms with van der Waals surface area (Å²) in [6.07, 6.45) is -0.475. The van der Waals surface area contributed by atoms with E-state index >= 15 is 0 Å². The maximum Gasteiger partial charge on any atom is 0.422 e. The van der Waals surface area contributed by atoms with Crippen molar-refractivity contribution in [2.75, 3.05) is 6.61 Å². The molecule has 1 aliphatic carbocycles. The van der Waals surface area contributed by atoms with Gasteiger partial charge in [-0.3, -0.25) is 9.78 Å². The van der Waals surface area contributed by atoms with E-state index in [2.05, 4.69) is 20.0 Å². The number of benzene rings is 1. The van der Waals surface area contributed by atoms with Crippen LogP contribution in [0.1, 0.15) is 36.4 Å². The first-order chi connectivity index (χ1) is 14.3. The van der Waals surface area contributed by atoms with Crippen molar-refractivity contribution in [2.45, 2.75) is 31.5 Å². The van der Waals surface area contributed by atoms with Gasteiger partial charge in [-0.25, -0.2) is 4.98 Å². The van der Waals surface area contributed by atoms with Crippen LogP contribution in [0.5, 0.6) is 5.88 Å². The van der Waals surface area contributed by atoms with E-state index in [0.717, 1.165) is 22.9 Å². The number of hydrogen-bond acceptors (Lipinski definition) is 4. The zero-order valence-corrected chi connectivity index (χ0v) is 16.2. The van der Waals surface area contributed by atoms with Gasteiger partial charge in [0.1, 0.15) is 0 Å². The van der Waals surface area contributed by atoms with Gasteiger partial charge in [0.25, 0.3) is 0 Å². The summed E-state index contributed by atoms with van der Waals surface area (Å²) in [5, 5.41) is 4.02. The van der Waals surface area contributed by atoms with Gasteiger partial charge < -0.3 is 10.1 Å². The Bertz CT molecular complexity index is 1050. The number of pyridine rings is 2. The summed E-state index contributed by atoms with van der Waals surface area (Å²) >= 11 is 0. The van der Waals surface area contributed by atoms with E-state index in [9.17, 15) is 18.0 Å². The second kappa shape index (κ2) is 7.93. The van der Waals surface area contributed by atoms with Crippen molar-refractivity contribution < 1.29 is 22.7 Å². The van der Waals surface area contributed by atoms with Gasteiger partial charge in [-0.05, 0) is 42.5 Å². The molecular weight excluding hydrogens is 395 g/mol. The number of rotatable bonds is 6. The molecule has 0 spiro atoms. The molecule has 0 aliphatic heterocycles. The number of carbonyl (C=O) groups is 1. The molecule has 1 aliphatic rings. The van der Waals surface area contributed by atoms with Crippen LogP contribution in [-0.4, -0.2) is 28.7 Å². The van der Waals surface area contributed by atoms with E-state index in [-0.39, 0.29) is 29.7 Å². The zero-order chi connectivity index (χ0) is 21.3. The summed E-state index contributed by atoms with van der Waals surface area (Å²) in [5.74, 6) is -0.0939. The molecular formula is C22H20F3N3O2. The Hall–Kier alpha value is -3.16. The average molecular weight is 415 g/mol. The minimum atomic E-state index is -4.41. The molecule has 3 aromatic rings. The van der Waals surface area contributed by atoms with E-state index in [1.807, 2.05) is 37.3 Å². The fourth-order valence-electron chi connectivity index (χ4n) is 3.46. The molecule has 2 aromatic heterocycles. The number of aromatic nitrogens is 2. The Morgan fingerprint density at radius 1 is 1.23 bits per heavy atom. The first kappa shape index (κ1) is 20.1. The van der Waals surface area contributed by atoms with E-state index in [1.54, 1.807) is 12.3 Å². The minimum absolute atomic E-state index is 0.0500. The molecule has 1 aromatic carbocycles. The Labute approximate surface area is 171 Å². The largest absolute Gasteiger partial charge is 0.468 e. The van der Waals surface area contributed by atoms with Crippen molar-refractivity contribution in [2.24, 2.45) is 5.92 Å². The highest BCUT2D eigenvalue weighted by molar-refractivity contribution is 5.84. The Morgan fingerprint density at radius 3 is 2.80 bits per heavy atom. The third-order valence-corrected chi connectivity index (χ3v) is 5.19. The van der Waals surface area contributed by atoms with Gasteiger partial charge in [0.05, 0.1) is 11.6 Å². The third-order valence-electron chi connectivity index (χ3n) is 5.19. The monoisotopic (exact) mass is 415 g/mol. The zero-order valence-electron chi connectivity index (χ0n) is 16.2. The highest BCUT2D eigenvalue weighted by Gasteiger charge is 2.44. The van der Waals surface area contributed by atoms with Crippen molar-refractivity contribution >= 4 is 16.8 Å². The Morgan fingerprint density at radius 2 is 2.07 bits per heavy atom. The molecule has 0 saturated heterocycles. The molecule has 1 fully saturated rings. The number of nitrogens with one attached hydrogen (secondary N) is 1. The molecule has 1 N–H and O–H groups in total. The molecule has 30 heavy (non-hydrogen) atoms. The third kappa shape index (κ3) is 4.69. The summed E-state index contributed by atoms with van der Waals surface area (Å²) in [7, 11) is 0. The highest BCUT2D eigenvalue weighted by Crippen LogP contribution is 2.48. The summed E-state index contributed by atoms with van der Waals surface area (Å²) < 4.78 is 41.2. The van der Waals surface area contributed by atoms with Crippen LogP contribution < -0.4 is 10.1 Å². The van der Waals surface area contributed by atoms with Crippen LogP contribution in [0.15, 0.2) is 54.9 Å². The molecule has 1 amide bonds. The molecule has 1 unspecified atom stereocenters. The van der Waals surface area contributed by atoms with Crippen LogP contribution in [0.4, 0.5) is 13.2 Å². The Kier molecular flexibility index (Phi) is 5.32. The molecule has 3 atom stereocenters. The van der Waals surface area contributed by atoms with Gasteiger partial charge >= 0.3 is 6.18 Å². The van der Waals surface area contributed by atoms with Crippen molar-refractivity contribution in [3.05, 3.63) is 66.0 Å². The van der Waals surface area contributed by atoms with Crippen LogP contribution in [-0.2, 0) is 4.79 Å². The van der Waals surface area contributed by atoms with Gasteiger partial charge in [0.2, 0.25) is 11.8 Å². The summed E-state index contributed by atoms with van der Waals surface area (Å²) in [6.45, 7) is 0.418. The highest BCUT2D eigenvalue weighted by atomic mass is 19.4. The maximum atomic E-state index is 12.6. The van der Waals surface area contributed by atoms with Crippen LogP contribution >= 0.6 is 0 Å². The van der Waals surface area contributed by atoms with Crippen LogP contribution in [0, 0.1) is 5.92 Å². The standard InChI is InChI=1S/C22H20F3N3O2/c1-13(16-6-7-20(27-11-16)30-12-22(23,24)25)28-21(29)18-10-17(18)15-5-4-14-3-2-8-26-19(14)9-15/h2-9,11,13,17-18H,10,12H2,1H3,(H,28,29)/t13?,17-,18+/m0/s1. The Balaban J connectivity index is 1.33. The smallest absolute Gasteiger partial charge is 0.422 e. The second-order valence-corrected chi connectivity index (χ2v) is 7.47. The molecule has 8 heteroatoms. The summed E-state index contributed by atoms with van der Waals surface area (Å²) in [6, 6.07) is 12.6. The predicted octanol–water partition coefficient (Wildman–Crippen LogP) is 4.55. The van der Waals surface area contributed by atoms with E-state index in [0.29, 0.717) is 5.56 Å². The lowest BCUT2D eigenvalue weighted by atomic mass is 10.1. The SMILES string of the molecule is CC(NC(=O)[C@@H]1C[C@H]1c1ccc2cccnc2c1)c1ccc(OCC(F)(F)F)nc1. The normalized spacial score (nSPS) is 19.3. The van der Waals surface area contributed by atoms with Gasteiger partial charge in [-0.1, -0.05) is 24.3 Å². The topological polar surface area (TPSA) is 64.1 Å². The first-order valence-electron chi connectivity index (χ1n) is 9.61. The molecule has 0 radical (unpaired) electrons. The molecule has 4 rings (SSSR count). The van der Waals surface area contributed by atoms with Gasteiger partial charge in [0.15, 0.2) is 6.61 Å². The number of fused-ring (bicyclic) bond motifs is 1. The fraction of sp³-hybridized carbons (Fsp3) is 0.318. The van der Waals surface area contributed by atoms with E-state index < -0.39 is 12.8 Å². The number of amides is 1. The fourth-order valence-corrected chi connectivity index (χ4v) is 3.46. The van der Waals surface area contributed by atoms with Crippen molar-refractivity contribution in [1.29, 1.82) is 0 Å². The van der Waals surface area contributed by atoms with Crippen molar-refractivity contribution in [1.82, 2.24) is 15.3 Å². The van der Waals surface area contributed by atoms with Gasteiger partial charge in [-0.15, -0.1) is 0 Å². The van der Waals surface area contributed by atoms with Crippen LogP contribution in [0.2, 0.25) is 0 Å². The summed E-state index contributed by atoms with van der Waals surface area (Å²) in [5.41, 5.74) is 2.70. The lowest BCUT2D eigenvalue weighted by molar-refractivity contribution is -0.154. The number of hydrogen-bond donors (Lipinski definition) is 1. The number of ether oxygens (including phenoxy) is 1. The number of carbonyl (C=O) groups excluding carboxylic acids is 1. The van der Waals surface area contributed by atoms with Gasteiger partial charge in [0, 0.05) is 29.8 Å². The molecule has 2 heterocycles. The predicted molar refractivity (Wildman–Crippen MR) is 105 cm³/mol. The number of nitrogens with zero attached hydrogens (tertiary/aromatic N) is 2. The number of alkyl halides is 3. The molecule has 156 valence electrons. The lowest BCUT2D eigenvalue weighted by Crippen LogP contribution is -2.28. The van der Waals surface area contributed by atoms with Crippen molar-refractivity contribution in [3.8, 4) is 5.88 Å². The second-order valence-electron chi connectivity index (χ2n) is 7.47. The van der Waals surface area contributed by atoms with Crippen LogP contribution in [0.25, 0.3) is 10.9 Å². The quantitative estimate of drug-likeness (QED) is 0.642. The molecule has 5 nitrogen and oxygen atoms in total. The average Bonchev–Trinajstić information content (AvgIpc) is 3.53. The lowest BCUT2D eigenvalue weighted by Gasteiger charge is -2.15. The van der Waals surface area contributed by atoms with E-state index in [1.165, 1.54) is 12.3 Å². The molecule has 0 bridgehead atoms. The summed E-state index contributed by atoms with van der Waals surface area (Å²) in [4.78, 5) is 20.9. The van der Waals surface area contributed by atoms with Crippen molar-refractivity contribution in [3.63, 3.8) is 0 Å². The van der Waals surface area contributed by atoms with E-state index in [4.69, 9.17) is 0 Å². The van der Waals surface area contributed by atoms with Gasteiger partial charge in [-0.2, -0.15) is 13.2 Å².